The first-order chi connectivity index (χ1) is 24.3. The number of nitrogens with zero attached hydrogens (tertiary/aromatic N) is 3. The van der Waals surface area contributed by atoms with Gasteiger partial charge < -0.3 is 13.5 Å². The van der Waals surface area contributed by atoms with E-state index in [1.54, 1.807) is 24.3 Å². The van der Waals surface area contributed by atoms with Crippen molar-refractivity contribution in [3.63, 3.8) is 0 Å². The number of aromatic nitrogens is 3. The Bertz CT molecular complexity index is 2630. The minimum absolute atomic E-state index is 0.136. The maximum atomic E-state index is 12.0. The minimum Gasteiger partial charge on any atom is -0.508 e. The van der Waals surface area contributed by atoms with Crippen molar-refractivity contribution in [1.82, 2.24) is 15.0 Å². The third-order valence-electron chi connectivity index (χ3n) is 6.13. The van der Waals surface area contributed by atoms with Crippen LogP contribution in [-0.2, 0) is 51.2 Å². The molecular formula is C27H21N3O18S5. The van der Waals surface area contributed by atoms with Crippen LogP contribution in [0.2, 0.25) is 0 Å². The SMILES string of the molecule is O=S(=O)(O)Oc1ccc(-c2nc(-c3cccc(S(=O)(=O)O)c3)nc(-c3ccc(OS(=O)(=O)O)c(S(=O)(=O)O)c3)n2)cc1S(=O)(=O)O.Oc1ccccc1. The van der Waals surface area contributed by atoms with Gasteiger partial charge in [-0.3, -0.25) is 22.8 Å². The van der Waals surface area contributed by atoms with E-state index < -0.39 is 94.8 Å². The highest BCUT2D eigenvalue weighted by Gasteiger charge is 2.25. The van der Waals surface area contributed by atoms with Crippen LogP contribution in [-0.4, -0.2) is 84.9 Å². The van der Waals surface area contributed by atoms with Crippen LogP contribution in [0, 0.1) is 0 Å². The van der Waals surface area contributed by atoms with E-state index in [9.17, 15) is 55.7 Å². The van der Waals surface area contributed by atoms with Crippen molar-refractivity contribution in [1.29, 1.82) is 0 Å². The van der Waals surface area contributed by atoms with Gasteiger partial charge >= 0.3 is 20.8 Å². The number of para-hydroxylation sites is 1. The summed E-state index contributed by atoms with van der Waals surface area (Å²) >= 11 is 0. The van der Waals surface area contributed by atoms with E-state index in [2.05, 4.69) is 23.3 Å². The first-order valence-corrected chi connectivity index (χ1v) is 20.5. The molecule has 0 aliphatic heterocycles. The van der Waals surface area contributed by atoms with Gasteiger partial charge in [0.15, 0.2) is 29.0 Å². The second kappa shape index (κ2) is 15.1. The van der Waals surface area contributed by atoms with Crippen molar-refractivity contribution in [2.24, 2.45) is 0 Å². The van der Waals surface area contributed by atoms with Gasteiger partial charge in [0.1, 0.15) is 15.5 Å². The maximum absolute atomic E-state index is 12.0. The average Bonchev–Trinajstić information content (AvgIpc) is 3.03. The molecule has 5 aromatic rings. The molecule has 0 fully saturated rings. The lowest BCUT2D eigenvalue weighted by atomic mass is 10.1. The predicted molar refractivity (Wildman–Crippen MR) is 178 cm³/mol. The van der Waals surface area contributed by atoms with E-state index in [0.717, 1.165) is 30.3 Å². The molecule has 26 heteroatoms. The lowest BCUT2D eigenvalue weighted by Gasteiger charge is -2.12. The van der Waals surface area contributed by atoms with Crippen LogP contribution in [0.25, 0.3) is 34.2 Å². The maximum Gasteiger partial charge on any atom is 0.446 e. The lowest BCUT2D eigenvalue weighted by molar-refractivity contribution is 0.379. The zero-order chi connectivity index (χ0) is 39.6. The van der Waals surface area contributed by atoms with Crippen LogP contribution >= 0.6 is 0 Å². The molecule has 0 bridgehead atoms. The summed E-state index contributed by atoms with van der Waals surface area (Å²) in [5, 5.41) is 8.63. The fraction of sp³-hybridized carbons (Fsp3) is 0. The largest absolute Gasteiger partial charge is 0.508 e. The summed E-state index contributed by atoms with van der Waals surface area (Å²) in [6.45, 7) is 0. The molecule has 0 saturated carbocycles. The summed E-state index contributed by atoms with van der Waals surface area (Å²) < 4.78 is 171. The summed E-state index contributed by atoms with van der Waals surface area (Å²) in [5.74, 6) is -3.27. The molecule has 282 valence electrons. The normalized spacial score (nSPS) is 12.3. The molecule has 21 nitrogen and oxygen atoms in total. The van der Waals surface area contributed by atoms with Crippen LogP contribution < -0.4 is 8.37 Å². The number of aromatic hydroxyl groups is 1. The number of rotatable bonds is 10. The third-order valence-corrected chi connectivity index (χ3v) is 9.51. The Kier molecular flexibility index (Phi) is 11.5. The molecular weight excluding hydrogens is 815 g/mol. The van der Waals surface area contributed by atoms with E-state index in [1.807, 2.05) is 6.07 Å². The quantitative estimate of drug-likeness (QED) is 0.110. The third kappa shape index (κ3) is 11.4. The second-order valence-corrected chi connectivity index (χ2v) is 16.2. The van der Waals surface area contributed by atoms with E-state index in [-0.39, 0.29) is 16.7 Å². The van der Waals surface area contributed by atoms with Gasteiger partial charge in [-0.1, -0.05) is 30.3 Å². The summed E-state index contributed by atoms with van der Waals surface area (Å²) in [4.78, 5) is 9.22. The fourth-order valence-corrected chi connectivity index (χ4v) is 6.71. The molecule has 1 heterocycles. The predicted octanol–water partition coefficient (Wildman–Crippen LogP) is 2.37. The monoisotopic (exact) mass is 835 g/mol. The topological polar surface area (TPSA) is 349 Å². The van der Waals surface area contributed by atoms with Crippen molar-refractivity contribution in [3.05, 3.63) is 91.0 Å². The molecule has 4 aromatic carbocycles. The first-order valence-electron chi connectivity index (χ1n) is 13.5. The van der Waals surface area contributed by atoms with Gasteiger partial charge in [0.05, 0.1) is 4.90 Å². The molecule has 1 aromatic heterocycles. The van der Waals surface area contributed by atoms with E-state index in [0.29, 0.717) is 30.0 Å². The summed E-state index contributed by atoms with van der Waals surface area (Å²) in [5.41, 5.74) is -0.817. The standard InChI is InChI=1S/C21H15N3O17S5.C6H6O/c25-42(26,27)14-3-1-2-11(8-14)19-22-20(12-4-6-15(40-45(34,35)36)17(9-12)43(28,29)30)24-21(23-19)13-5-7-16(41-46(37,38)39)18(10-13)44(31,32)33;7-6-4-2-1-3-5-6/h1-10H,(H,25,26,27)(H,28,29,30)(H,31,32,33)(H,34,35,36)(H,37,38,39);1-5,7H. The summed E-state index contributed by atoms with van der Waals surface area (Å²) in [7, 11) is -25.9. The highest BCUT2D eigenvalue weighted by atomic mass is 32.3. The Balaban J connectivity index is 0.000000801. The Labute approximate surface area is 300 Å². The Hall–Kier alpha value is -5.16. The zero-order valence-electron chi connectivity index (χ0n) is 25.6. The molecule has 0 atom stereocenters. The molecule has 53 heavy (non-hydrogen) atoms. The van der Waals surface area contributed by atoms with Gasteiger partial charge in [0.2, 0.25) is 0 Å². The Morgan fingerprint density at radius 3 is 1.15 bits per heavy atom. The van der Waals surface area contributed by atoms with Gasteiger partial charge in [0.25, 0.3) is 30.4 Å². The molecule has 0 amide bonds. The number of phenols is 1. The van der Waals surface area contributed by atoms with Gasteiger partial charge in [-0.15, -0.1) is 0 Å². The molecule has 5 rings (SSSR count). The van der Waals surface area contributed by atoms with Crippen LogP contribution in [0.4, 0.5) is 0 Å². The Morgan fingerprint density at radius 1 is 0.434 bits per heavy atom. The second-order valence-electron chi connectivity index (χ2n) is 9.94. The fourth-order valence-electron chi connectivity index (χ4n) is 4.05. The van der Waals surface area contributed by atoms with Gasteiger partial charge in [-0.25, -0.2) is 15.0 Å². The van der Waals surface area contributed by atoms with Crippen LogP contribution in [0.3, 0.4) is 0 Å². The van der Waals surface area contributed by atoms with Gasteiger partial charge in [-0.05, 0) is 60.7 Å². The zero-order valence-corrected chi connectivity index (χ0v) is 29.7. The molecule has 0 unspecified atom stereocenters. The van der Waals surface area contributed by atoms with E-state index in [1.165, 1.54) is 6.07 Å². The van der Waals surface area contributed by atoms with E-state index >= 15 is 0 Å². The molecule has 0 radical (unpaired) electrons. The summed E-state index contributed by atoms with van der Waals surface area (Å²) in [6, 6.07) is 17.5. The number of hydrogen-bond donors (Lipinski definition) is 6. The van der Waals surface area contributed by atoms with Crippen LogP contribution in [0.1, 0.15) is 0 Å². The lowest BCUT2D eigenvalue weighted by Crippen LogP contribution is -2.11. The molecule has 0 spiro atoms. The van der Waals surface area contributed by atoms with Crippen molar-refractivity contribution in [3.8, 4) is 51.4 Å². The molecule has 6 N–H and O–H groups in total. The Morgan fingerprint density at radius 2 is 0.830 bits per heavy atom. The smallest absolute Gasteiger partial charge is 0.446 e. The van der Waals surface area contributed by atoms with Crippen molar-refractivity contribution in [2.45, 2.75) is 14.7 Å². The van der Waals surface area contributed by atoms with Gasteiger partial charge in [-0.2, -0.15) is 42.1 Å². The number of benzene rings is 4. The van der Waals surface area contributed by atoms with Crippen molar-refractivity contribution < 1.29 is 78.3 Å². The highest BCUT2D eigenvalue weighted by molar-refractivity contribution is 7.86. The number of hydrogen-bond acceptors (Lipinski definition) is 16. The molecule has 0 aliphatic carbocycles. The first kappa shape index (κ1) is 40.6. The number of phenolic OH excluding ortho intramolecular Hbond substituents is 1. The molecule has 0 saturated heterocycles. The van der Waals surface area contributed by atoms with Crippen molar-refractivity contribution >= 4 is 51.2 Å². The average molecular weight is 836 g/mol. The highest BCUT2D eigenvalue weighted by Crippen LogP contribution is 2.34. The summed E-state index contributed by atoms with van der Waals surface area (Å²) in [6.07, 6.45) is 0. The van der Waals surface area contributed by atoms with Gasteiger partial charge in [0, 0.05) is 16.7 Å². The van der Waals surface area contributed by atoms with Crippen LogP contribution in [0.15, 0.2) is 106 Å². The van der Waals surface area contributed by atoms with Crippen LogP contribution in [0.5, 0.6) is 17.2 Å². The van der Waals surface area contributed by atoms with Crippen molar-refractivity contribution in [2.75, 3.05) is 0 Å². The van der Waals surface area contributed by atoms with E-state index in [4.69, 9.17) is 14.2 Å². The minimum atomic E-state index is -5.29. The molecule has 0 aliphatic rings.